The predicted octanol–water partition coefficient (Wildman–Crippen LogP) is 3.46. The molecule has 3 aromatic rings. The molecule has 0 bridgehead atoms. The molecular formula is C13H9BrClFN4O. The van der Waals surface area contributed by atoms with Crippen LogP contribution in [0, 0.1) is 5.82 Å². The van der Waals surface area contributed by atoms with E-state index in [0.717, 1.165) is 0 Å². The van der Waals surface area contributed by atoms with E-state index in [1.165, 1.54) is 19.5 Å². The lowest BCUT2D eigenvalue weighted by Crippen LogP contribution is -2.01. The highest BCUT2D eigenvalue weighted by Gasteiger charge is 2.17. The smallest absolute Gasteiger partial charge is 0.245 e. The van der Waals surface area contributed by atoms with Crippen molar-refractivity contribution in [3.63, 3.8) is 0 Å². The number of alkyl halides is 1. The summed E-state index contributed by atoms with van der Waals surface area (Å²) in [5.74, 6) is 0.771. The van der Waals surface area contributed by atoms with Gasteiger partial charge in [-0.3, -0.25) is 4.57 Å². The molecule has 0 atom stereocenters. The van der Waals surface area contributed by atoms with E-state index in [2.05, 4.69) is 30.9 Å². The Balaban J connectivity index is 2.32. The molecule has 2 aromatic heterocycles. The number of halogens is 3. The Bertz CT molecular complexity index is 823. The fraction of sp³-hybridized carbons (Fsp3) is 0.154. The quantitative estimate of drug-likeness (QED) is 0.662. The van der Waals surface area contributed by atoms with E-state index in [-0.39, 0.29) is 11.7 Å². The number of rotatable bonds is 3. The summed E-state index contributed by atoms with van der Waals surface area (Å²) in [4.78, 5) is 12.6. The normalized spacial score (nSPS) is 11.0. The lowest BCUT2D eigenvalue weighted by Gasteiger charge is -2.08. The summed E-state index contributed by atoms with van der Waals surface area (Å²) in [7, 11) is 1.51. The fourth-order valence-corrected chi connectivity index (χ4v) is 2.60. The lowest BCUT2D eigenvalue weighted by molar-refractivity contribution is 0.401. The van der Waals surface area contributed by atoms with Crippen molar-refractivity contribution in [2.75, 3.05) is 7.11 Å². The van der Waals surface area contributed by atoms with Crippen LogP contribution in [0.5, 0.6) is 5.88 Å². The first-order valence-electron chi connectivity index (χ1n) is 5.93. The molecule has 2 heterocycles. The second-order valence-corrected chi connectivity index (χ2v) is 5.27. The minimum atomic E-state index is -0.345. The van der Waals surface area contributed by atoms with Crippen LogP contribution < -0.4 is 4.74 Å². The lowest BCUT2D eigenvalue weighted by atomic mass is 10.3. The molecule has 0 N–H and O–H groups in total. The van der Waals surface area contributed by atoms with Crippen molar-refractivity contribution in [2.24, 2.45) is 0 Å². The van der Waals surface area contributed by atoms with Crippen molar-refractivity contribution in [3.8, 4) is 11.6 Å². The van der Waals surface area contributed by atoms with Crippen LogP contribution in [0.25, 0.3) is 16.9 Å². The summed E-state index contributed by atoms with van der Waals surface area (Å²) in [5.41, 5.74) is 1.76. The highest BCUT2D eigenvalue weighted by molar-refractivity contribution is 9.10. The summed E-state index contributed by atoms with van der Waals surface area (Å²) in [6.45, 7) is 0. The highest BCUT2D eigenvalue weighted by Crippen LogP contribution is 2.27. The van der Waals surface area contributed by atoms with Crippen LogP contribution in [0.4, 0.5) is 4.39 Å². The first-order valence-corrected chi connectivity index (χ1v) is 7.26. The monoisotopic (exact) mass is 370 g/mol. The Morgan fingerprint density at radius 3 is 2.86 bits per heavy atom. The Morgan fingerprint density at radius 2 is 2.19 bits per heavy atom. The summed E-state index contributed by atoms with van der Waals surface area (Å²) >= 11 is 9.13. The number of aromatic nitrogens is 4. The number of nitrogens with zero attached hydrogens (tertiary/aromatic N) is 4. The number of fused-ring (bicyclic) bond motifs is 1. The minimum Gasteiger partial charge on any atom is -0.479 e. The van der Waals surface area contributed by atoms with Gasteiger partial charge in [0.2, 0.25) is 5.88 Å². The van der Waals surface area contributed by atoms with Crippen LogP contribution >= 0.6 is 27.5 Å². The zero-order chi connectivity index (χ0) is 15.0. The van der Waals surface area contributed by atoms with Gasteiger partial charge in [0.1, 0.15) is 18.0 Å². The van der Waals surface area contributed by atoms with Crippen molar-refractivity contribution in [3.05, 3.63) is 40.6 Å². The van der Waals surface area contributed by atoms with E-state index in [0.29, 0.717) is 33.0 Å². The van der Waals surface area contributed by atoms with E-state index in [9.17, 15) is 4.39 Å². The first kappa shape index (κ1) is 14.2. The SMILES string of the molecule is COc1ncnc2c1nc(CCl)n2-c1ccc(F)c(Br)c1. The van der Waals surface area contributed by atoms with Crippen LogP contribution in [0.3, 0.4) is 0 Å². The van der Waals surface area contributed by atoms with E-state index in [1.54, 1.807) is 16.7 Å². The summed E-state index contributed by atoms with van der Waals surface area (Å²) < 4.78 is 20.7. The molecule has 1 aromatic carbocycles. The zero-order valence-corrected chi connectivity index (χ0v) is 13.2. The molecule has 0 amide bonds. The summed E-state index contributed by atoms with van der Waals surface area (Å²) in [6, 6.07) is 4.63. The molecule has 0 aliphatic rings. The number of imidazole rings is 1. The van der Waals surface area contributed by atoms with E-state index in [4.69, 9.17) is 16.3 Å². The van der Waals surface area contributed by atoms with Gasteiger partial charge in [-0.05, 0) is 34.1 Å². The van der Waals surface area contributed by atoms with Gasteiger partial charge in [0.05, 0.1) is 23.1 Å². The highest BCUT2D eigenvalue weighted by atomic mass is 79.9. The van der Waals surface area contributed by atoms with Gasteiger partial charge < -0.3 is 4.74 Å². The van der Waals surface area contributed by atoms with Crippen LogP contribution in [-0.2, 0) is 5.88 Å². The standard InChI is InChI=1S/C13H9BrClFN4O/c1-21-13-11-12(17-6-18-13)20(10(5-15)19-11)7-2-3-9(16)8(14)4-7/h2-4,6H,5H2,1H3. The number of methoxy groups -OCH3 is 1. The predicted molar refractivity (Wildman–Crippen MR) is 80.4 cm³/mol. The maximum absolute atomic E-state index is 13.4. The molecule has 0 radical (unpaired) electrons. The molecule has 0 spiro atoms. The Labute approximate surface area is 132 Å². The minimum absolute atomic E-state index is 0.175. The van der Waals surface area contributed by atoms with E-state index < -0.39 is 0 Å². The van der Waals surface area contributed by atoms with Gasteiger partial charge in [-0.1, -0.05) is 0 Å². The van der Waals surface area contributed by atoms with E-state index in [1.807, 2.05) is 0 Å². The van der Waals surface area contributed by atoms with Gasteiger partial charge in [0.15, 0.2) is 11.2 Å². The van der Waals surface area contributed by atoms with Crippen molar-refractivity contribution >= 4 is 38.7 Å². The number of ether oxygens (including phenoxy) is 1. The Kier molecular flexibility index (Phi) is 3.77. The topological polar surface area (TPSA) is 52.8 Å². The fourth-order valence-electron chi connectivity index (χ4n) is 2.05. The van der Waals surface area contributed by atoms with Crippen LogP contribution in [-0.4, -0.2) is 26.6 Å². The molecular weight excluding hydrogens is 363 g/mol. The maximum Gasteiger partial charge on any atom is 0.245 e. The molecule has 21 heavy (non-hydrogen) atoms. The largest absolute Gasteiger partial charge is 0.479 e. The molecule has 0 aliphatic carbocycles. The maximum atomic E-state index is 13.4. The molecule has 0 unspecified atom stereocenters. The second kappa shape index (κ2) is 5.57. The van der Waals surface area contributed by atoms with Gasteiger partial charge in [0.25, 0.3) is 0 Å². The van der Waals surface area contributed by atoms with Crippen molar-refractivity contribution in [2.45, 2.75) is 5.88 Å². The third-order valence-corrected chi connectivity index (χ3v) is 3.80. The molecule has 0 aliphatic heterocycles. The van der Waals surface area contributed by atoms with Gasteiger partial charge in [-0.25, -0.2) is 14.4 Å². The summed E-state index contributed by atoms with van der Waals surface area (Å²) in [6.07, 6.45) is 1.38. The first-order chi connectivity index (χ1) is 10.2. The van der Waals surface area contributed by atoms with Crippen LogP contribution in [0.1, 0.15) is 5.82 Å². The van der Waals surface area contributed by atoms with Gasteiger partial charge in [-0.15, -0.1) is 11.6 Å². The molecule has 0 saturated heterocycles. The number of hydrogen-bond acceptors (Lipinski definition) is 4. The number of benzene rings is 1. The van der Waals surface area contributed by atoms with Crippen molar-refractivity contribution in [1.29, 1.82) is 0 Å². The third-order valence-electron chi connectivity index (χ3n) is 2.95. The van der Waals surface area contributed by atoms with Crippen molar-refractivity contribution < 1.29 is 9.13 Å². The number of hydrogen-bond donors (Lipinski definition) is 0. The Morgan fingerprint density at radius 1 is 1.38 bits per heavy atom. The average Bonchev–Trinajstić information content (AvgIpc) is 2.88. The molecule has 3 rings (SSSR count). The summed E-state index contributed by atoms with van der Waals surface area (Å²) in [5, 5.41) is 0. The molecule has 8 heteroatoms. The van der Waals surface area contributed by atoms with Crippen LogP contribution in [0.2, 0.25) is 0 Å². The zero-order valence-electron chi connectivity index (χ0n) is 10.8. The molecule has 0 saturated carbocycles. The third kappa shape index (κ3) is 2.36. The molecule has 108 valence electrons. The van der Waals surface area contributed by atoms with Crippen LogP contribution in [0.15, 0.2) is 29.0 Å². The molecule has 0 fully saturated rings. The van der Waals surface area contributed by atoms with E-state index >= 15 is 0 Å². The Hall–Kier alpha value is -1.73. The van der Waals surface area contributed by atoms with Crippen molar-refractivity contribution in [1.82, 2.24) is 19.5 Å². The van der Waals surface area contributed by atoms with Gasteiger partial charge in [-0.2, -0.15) is 4.98 Å². The van der Waals surface area contributed by atoms with Gasteiger partial charge >= 0.3 is 0 Å². The van der Waals surface area contributed by atoms with Gasteiger partial charge in [0, 0.05) is 0 Å². The molecule has 5 nitrogen and oxygen atoms in total. The second-order valence-electron chi connectivity index (χ2n) is 4.15. The average molecular weight is 372 g/mol.